The molecule has 4 aliphatic rings. The molecule has 1 heterocycles. The molecule has 0 saturated heterocycles. The van der Waals surface area contributed by atoms with Crippen LogP contribution in [0.2, 0.25) is 0 Å². The van der Waals surface area contributed by atoms with E-state index in [9.17, 15) is 15.0 Å². The van der Waals surface area contributed by atoms with Crippen LogP contribution in [0.4, 0.5) is 0 Å². The van der Waals surface area contributed by atoms with Crippen molar-refractivity contribution in [3.05, 3.63) is 76.7 Å². The molecule has 230 valence electrons. The summed E-state index contributed by atoms with van der Waals surface area (Å²) in [5, 5.41) is 25.1. The van der Waals surface area contributed by atoms with Crippen molar-refractivity contribution in [2.24, 2.45) is 28.6 Å². The quantitative estimate of drug-likeness (QED) is 0.251. The van der Waals surface area contributed by atoms with Crippen LogP contribution < -0.4 is 9.47 Å². The van der Waals surface area contributed by atoms with Crippen LogP contribution in [0.1, 0.15) is 79.6 Å². The molecule has 2 aromatic carbocycles. The van der Waals surface area contributed by atoms with Gasteiger partial charge in [-0.1, -0.05) is 60.8 Å². The van der Waals surface area contributed by atoms with Gasteiger partial charge in [0.15, 0.2) is 5.76 Å². The zero-order valence-corrected chi connectivity index (χ0v) is 25.9. The second-order valence-electron chi connectivity index (χ2n) is 13.3. The molecule has 2 N–H and O–H groups in total. The largest absolute Gasteiger partial charge is 0.507 e. The minimum Gasteiger partial charge on any atom is -0.507 e. The molecule has 7 rings (SSSR count). The third-order valence-electron chi connectivity index (χ3n) is 11.4. The highest BCUT2D eigenvalue weighted by atomic mass is 16.5. The maximum absolute atomic E-state index is 12.4. The third kappa shape index (κ3) is 4.62. The average molecular weight is 596 g/mol. The number of ketones is 1. The van der Waals surface area contributed by atoms with Gasteiger partial charge in [-0.3, -0.25) is 4.79 Å². The predicted molar refractivity (Wildman–Crippen MR) is 167 cm³/mol. The number of ether oxygens (including phenoxy) is 2. The summed E-state index contributed by atoms with van der Waals surface area (Å²) < 4.78 is 15.6. The van der Waals surface area contributed by atoms with Crippen molar-refractivity contribution in [2.45, 2.75) is 64.4 Å². The van der Waals surface area contributed by atoms with E-state index in [1.807, 2.05) is 12.3 Å². The molecule has 6 unspecified atom stereocenters. The van der Waals surface area contributed by atoms with Crippen LogP contribution in [-0.4, -0.2) is 41.0 Å². The minimum absolute atomic E-state index is 0.114. The summed E-state index contributed by atoms with van der Waals surface area (Å²) in [5.74, 6) is 5.89. The van der Waals surface area contributed by atoms with E-state index < -0.39 is 5.60 Å². The molecule has 0 spiro atoms. The number of aromatic nitrogens is 1. The van der Waals surface area contributed by atoms with E-state index in [4.69, 9.17) is 20.4 Å². The minimum atomic E-state index is -0.909. The molecule has 0 radical (unpaired) electrons. The summed E-state index contributed by atoms with van der Waals surface area (Å²) in [5.41, 5.74) is 2.61. The third-order valence-corrected chi connectivity index (χ3v) is 11.4. The molecule has 3 saturated carbocycles. The van der Waals surface area contributed by atoms with Crippen LogP contribution in [0.15, 0.2) is 58.8 Å². The standard InChI is InChI=1S/C22H27NO2.C15H14O4/c1-4-22(24)10-8-18-16-6-5-15-11-19-14(13-23-25-19)12-20(15,2)17(16)7-9-21(18,22)3;1-18-11-8-12(16)14(13(9-11)19-2)15(17)10-6-4-3-5-7-10/h1,11,13,16-18,24H,5-10,12H2,2-3H3;3-9,16H,1-2H3. The van der Waals surface area contributed by atoms with Crippen molar-refractivity contribution in [1.82, 2.24) is 5.16 Å². The number of phenolic OH excluding ortho intramolecular Hbond substituents is 1. The molecule has 7 nitrogen and oxygen atoms in total. The SMILES string of the molecule is C#CC1(O)CCC2C3CCC4=Cc5oncc5CC4(C)C3CCC21C.COc1cc(O)c(C(=O)c2ccccc2)c(OC)c1. The van der Waals surface area contributed by atoms with Gasteiger partial charge in [-0.25, -0.2) is 0 Å². The summed E-state index contributed by atoms with van der Waals surface area (Å²) in [4.78, 5) is 12.4. The number of nitrogens with zero attached hydrogens (tertiary/aromatic N) is 1. The van der Waals surface area contributed by atoms with Gasteiger partial charge in [0.1, 0.15) is 28.4 Å². The first-order chi connectivity index (χ1) is 21.1. The Bertz CT molecular complexity index is 1640. The fraction of sp³-hybridized carbons (Fsp3) is 0.459. The molecule has 0 amide bonds. The smallest absolute Gasteiger partial charge is 0.200 e. The predicted octanol–water partition coefficient (Wildman–Crippen LogP) is 6.86. The van der Waals surface area contributed by atoms with Gasteiger partial charge in [0.05, 0.1) is 20.4 Å². The van der Waals surface area contributed by atoms with Crippen molar-refractivity contribution in [1.29, 1.82) is 0 Å². The van der Waals surface area contributed by atoms with Crippen molar-refractivity contribution >= 4 is 11.9 Å². The van der Waals surface area contributed by atoms with Gasteiger partial charge in [-0.2, -0.15) is 0 Å². The molecule has 4 aliphatic carbocycles. The first kappa shape index (κ1) is 30.0. The van der Waals surface area contributed by atoms with Crippen LogP contribution in [0, 0.1) is 40.9 Å². The summed E-state index contributed by atoms with van der Waals surface area (Å²) in [6.45, 7) is 4.71. The molecule has 0 aliphatic heterocycles. The number of carbonyl (C=O) groups excluding carboxylic acids is 1. The lowest BCUT2D eigenvalue weighted by Gasteiger charge is -2.58. The van der Waals surface area contributed by atoms with Gasteiger partial charge in [0.25, 0.3) is 0 Å². The molecule has 3 fully saturated rings. The highest BCUT2D eigenvalue weighted by Crippen LogP contribution is 2.67. The van der Waals surface area contributed by atoms with Gasteiger partial charge in [-0.15, -0.1) is 6.42 Å². The highest BCUT2D eigenvalue weighted by Gasteiger charge is 2.63. The lowest BCUT2D eigenvalue weighted by molar-refractivity contribution is -0.0975. The van der Waals surface area contributed by atoms with E-state index in [2.05, 4.69) is 31.0 Å². The van der Waals surface area contributed by atoms with Crippen LogP contribution in [0.25, 0.3) is 6.08 Å². The number of allylic oxidation sites excluding steroid dienone is 1. The second kappa shape index (κ2) is 11.2. The first-order valence-electron chi connectivity index (χ1n) is 15.5. The molecular weight excluding hydrogens is 554 g/mol. The molecule has 44 heavy (non-hydrogen) atoms. The molecular formula is C37H41NO6. The Morgan fingerprint density at radius 1 is 1.07 bits per heavy atom. The van der Waals surface area contributed by atoms with Gasteiger partial charge < -0.3 is 24.2 Å². The van der Waals surface area contributed by atoms with E-state index in [0.717, 1.165) is 44.3 Å². The average Bonchev–Trinajstić information content (AvgIpc) is 3.60. The van der Waals surface area contributed by atoms with Gasteiger partial charge in [-0.05, 0) is 74.2 Å². The number of fused-ring (bicyclic) bond motifs is 6. The molecule has 7 heteroatoms. The van der Waals surface area contributed by atoms with Crippen molar-refractivity contribution in [2.75, 3.05) is 14.2 Å². The molecule has 6 atom stereocenters. The molecule has 3 aromatic rings. The number of aliphatic hydroxyl groups is 1. The second-order valence-corrected chi connectivity index (χ2v) is 13.3. The van der Waals surface area contributed by atoms with Gasteiger partial charge in [0.2, 0.25) is 5.78 Å². The Labute approximate surface area is 259 Å². The van der Waals surface area contributed by atoms with E-state index in [0.29, 0.717) is 29.1 Å². The molecule has 0 bridgehead atoms. The van der Waals surface area contributed by atoms with Crippen LogP contribution in [0.5, 0.6) is 17.2 Å². The number of methoxy groups -OCH3 is 2. The number of terminal acetylenes is 1. The number of hydrogen-bond acceptors (Lipinski definition) is 7. The van der Waals surface area contributed by atoms with E-state index in [-0.39, 0.29) is 33.7 Å². The maximum atomic E-state index is 12.4. The van der Waals surface area contributed by atoms with Crippen molar-refractivity contribution < 1.29 is 29.0 Å². The zero-order chi connectivity index (χ0) is 31.3. The van der Waals surface area contributed by atoms with Crippen LogP contribution >= 0.6 is 0 Å². The normalized spacial score (nSPS) is 31.5. The lowest BCUT2D eigenvalue weighted by atomic mass is 9.46. The number of phenols is 1. The van der Waals surface area contributed by atoms with E-state index in [1.54, 1.807) is 35.9 Å². The van der Waals surface area contributed by atoms with Gasteiger partial charge >= 0.3 is 0 Å². The summed E-state index contributed by atoms with van der Waals surface area (Å²) >= 11 is 0. The van der Waals surface area contributed by atoms with Crippen molar-refractivity contribution in [3.63, 3.8) is 0 Å². The highest BCUT2D eigenvalue weighted by molar-refractivity contribution is 6.12. The van der Waals surface area contributed by atoms with E-state index >= 15 is 0 Å². The Kier molecular flexibility index (Phi) is 7.62. The Morgan fingerprint density at radius 3 is 2.52 bits per heavy atom. The Morgan fingerprint density at radius 2 is 1.82 bits per heavy atom. The Balaban J connectivity index is 0.000000163. The van der Waals surface area contributed by atoms with Crippen LogP contribution in [-0.2, 0) is 6.42 Å². The number of hydrogen-bond donors (Lipinski definition) is 2. The van der Waals surface area contributed by atoms with Crippen LogP contribution in [0.3, 0.4) is 0 Å². The first-order valence-corrected chi connectivity index (χ1v) is 15.5. The number of rotatable bonds is 4. The Hall–Kier alpha value is -4.02. The maximum Gasteiger partial charge on any atom is 0.200 e. The topological polar surface area (TPSA) is 102 Å². The van der Waals surface area contributed by atoms with E-state index in [1.165, 1.54) is 32.3 Å². The number of benzene rings is 2. The fourth-order valence-corrected chi connectivity index (χ4v) is 8.95. The number of carbonyl (C=O) groups is 1. The summed E-state index contributed by atoms with van der Waals surface area (Å²) in [6.07, 6.45) is 17.4. The summed E-state index contributed by atoms with van der Waals surface area (Å²) in [6, 6.07) is 11.7. The lowest BCUT2D eigenvalue weighted by Crippen LogP contribution is -2.54. The molecule has 1 aromatic heterocycles. The zero-order valence-electron chi connectivity index (χ0n) is 25.9. The monoisotopic (exact) mass is 595 g/mol. The van der Waals surface area contributed by atoms with Crippen molar-refractivity contribution in [3.8, 4) is 29.6 Å². The van der Waals surface area contributed by atoms with Gasteiger partial charge in [0, 0.05) is 28.7 Å². The number of aromatic hydroxyl groups is 1. The fourth-order valence-electron chi connectivity index (χ4n) is 8.95. The summed E-state index contributed by atoms with van der Waals surface area (Å²) in [7, 11) is 2.92.